The van der Waals surface area contributed by atoms with Gasteiger partial charge in [0, 0.05) is 29.4 Å². The summed E-state index contributed by atoms with van der Waals surface area (Å²) < 4.78 is 12.3. The van der Waals surface area contributed by atoms with E-state index in [0.29, 0.717) is 33.3 Å². The Bertz CT molecular complexity index is 948. The summed E-state index contributed by atoms with van der Waals surface area (Å²) in [6.07, 6.45) is 2.28. The number of hydrogen-bond acceptors (Lipinski definition) is 4. The molecule has 1 aliphatic heterocycles. The summed E-state index contributed by atoms with van der Waals surface area (Å²) in [5, 5.41) is 3.32. The first-order valence-corrected chi connectivity index (χ1v) is 11.9. The van der Waals surface area contributed by atoms with Crippen LogP contribution in [0.2, 0.25) is 5.02 Å². The number of ether oxygens (including phenoxy) is 2. The van der Waals surface area contributed by atoms with Gasteiger partial charge >= 0.3 is 0 Å². The molecule has 166 valence electrons. The monoisotopic (exact) mass is 524 g/mol. The van der Waals surface area contributed by atoms with E-state index in [0.717, 1.165) is 42.4 Å². The van der Waals surface area contributed by atoms with E-state index in [-0.39, 0.29) is 12.5 Å². The number of benzene rings is 2. The van der Waals surface area contributed by atoms with Gasteiger partial charge in [0.2, 0.25) is 0 Å². The van der Waals surface area contributed by atoms with Gasteiger partial charge in [0.25, 0.3) is 5.91 Å². The molecule has 0 unspecified atom stereocenters. The molecule has 0 aromatic heterocycles. The zero-order chi connectivity index (χ0) is 22.4. The van der Waals surface area contributed by atoms with Gasteiger partial charge < -0.3 is 19.7 Å². The Morgan fingerprint density at radius 3 is 2.68 bits per heavy atom. The number of carbonyl (C=O) groups excluding carboxylic acids is 1. The first-order chi connectivity index (χ1) is 14.9. The van der Waals surface area contributed by atoms with E-state index >= 15 is 0 Å². The van der Waals surface area contributed by atoms with E-state index in [1.54, 1.807) is 24.3 Å². The number of piperidine rings is 1. The molecule has 5 nitrogen and oxygen atoms in total. The second-order valence-electron chi connectivity index (χ2n) is 7.54. The largest absolute Gasteiger partial charge is 0.490 e. The minimum atomic E-state index is -0.293. The minimum Gasteiger partial charge on any atom is -0.490 e. The molecule has 3 rings (SSSR count). The van der Waals surface area contributed by atoms with Crippen LogP contribution < -0.4 is 14.8 Å². The molecule has 2 aromatic carbocycles. The van der Waals surface area contributed by atoms with Gasteiger partial charge in [-0.15, -0.1) is 0 Å². The standard InChI is InChI=1S/C23H26BrClN2O3S/c1-3-29-20-12-16(23(31)27-9-7-15(2)8-10-27)11-19(24)22(20)30-14-21(28)26-18-6-4-5-17(25)13-18/h4-6,11-13,15H,3,7-10,14H2,1-2H3,(H,26,28). The Hall–Kier alpha value is -1.83. The highest BCUT2D eigenvalue weighted by molar-refractivity contribution is 9.10. The number of halogens is 2. The highest BCUT2D eigenvalue weighted by Crippen LogP contribution is 2.37. The fraction of sp³-hybridized carbons (Fsp3) is 0.391. The Morgan fingerprint density at radius 2 is 2.00 bits per heavy atom. The lowest BCUT2D eigenvalue weighted by Crippen LogP contribution is -2.37. The Kier molecular flexibility index (Phi) is 8.58. The summed E-state index contributed by atoms with van der Waals surface area (Å²) in [5.41, 5.74) is 1.51. The zero-order valence-electron chi connectivity index (χ0n) is 17.6. The number of thiocarbonyl (C=S) groups is 1. The van der Waals surface area contributed by atoms with Gasteiger partial charge in [0.1, 0.15) is 4.99 Å². The van der Waals surface area contributed by atoms with Crippen LogP contribution >= 0.6 is 39.7 Å². The molecule has 31 heavy (non-hydrogen) atoms. The highest BCUT2D eigenvalue weighted by Gasteiger charge is 2.22. The maximum atomic E-state index is 12.3. The number of carbonyl (C=O) groups is 1. The van der Waals surface area contributed by atoms with Crippen molar-refractivity contribution in [3.05, 3.63) is 51.5 Å². The number of likely N-dealkylation sites (tertiary alicyclic amines) is 1. The van der Waals surface area contributed by atoms with Crippen molar-refractivity contribution < 1.29 is 14.3 Å². The maximum absolute atomic E-state index is 12.3. The Labute approximate surface area is 202 Å². The Balaban J connectivity index is 1.71. The number of nitrogens with zero attached hydrogens (tertiary/aromatic N) is 1. The van der Waals surface area contributed by atoms with Gasteiger partial charge in [-0.1, -0.05) is 36.8 Å². The van der Waals surface area contributed by atoms with Crippen LogP contribution in [0.1, 0.15) is 32.3 Å². The van der Waals surface area contributed by atoms with E-state index in [1.807, 2.05) is 19.1 Å². The van der Waals surface area contributed by atoms with Crippen molar-refractivity contribution >= 4 is 56.3 Å². The third-order valence-corrected chi connectivity index (χ3v) is 6.40. The van der Waals surface area contributed by atoms with Crippen LogP contribution in [0.25, 0.3) is 0 Å². The summed E-state index contributed by atoms with van der Waals surface area (Å²) in [6.45, 7) is 6.40. The van der Waals surface area contributed by atoms with Crippen LogP contribution in [0.4, 0.5) is 5.69 Å². The van der Waals surface area contributed by atoms with Crippen LogP contribution in [0.3, 0.4) is 0 Å². The molecule has 1 N–H and O–H groups in total. The summed E-state index contributed by atoms with van der Waals surface area (Å²) in [4.78, 5) is 15.4. The van der Waals surface area contributed by atoms with Crippen molar-refractivity contribution in [3.63, 3.8) is 0 Å². The van der Waals surface area contributed by atoms with Crippen LogP contribution in [0.15, 0.2) is 40.9 Å². The number of anilines is 1. The van der Waals surface area contributed by atoms with Gasteiger partial charge in [0.15, 0.2) is 18.1 Å². The van der Waals surface area contributed by atoms with Crippen molar-refractivity contribution in [1.82, 2.24) is 4.90 Å². The average Bonchev–Trinajstić information content (AvgIpc) is 2.73. The molecule has 1 aliphatic rings. The third kappa shape index (κ3) is 6.57. The van der Waals surface area contributed by atoms with E-state index < -0.39 is 0 Å². The number of rotatable bonds is 7. The molecule has 1 saturated heterocycles. The second-order valence-corrected chi connectivity index (χ2v) is 9.22. The van der Waals surface area contributed by atoms with Crippen molar-refractivity contribution in [1.29, 1.82) is 0 Å². The molecule has 1 heterocycles. The molecule has 1 amide bonds. The van der Waals surface area contributed by atoms with Crippen molar-refractivity contribution in [2.75, 3.05) is 31.6 Å². The van der Waals surface area contributed by atoms with Crippen molar-refractivity contribution in [2.45, 2.75) is 26.7 Å². The van der Waals surface area contributed by atoms with Gasteiger partial charge in [-0.05, 0) is 71.9 Å². The lowest BCUT2D eigenvalue weighted by molar-refractivity contribution is -0.118. The average molecular weight is 526 g/mol. The molecule has 0 saturated carbocycles. The lowest BCUT2D eigenvalue weighted by atomic mass is 9.99. The molecule has 0 spiro atoms. The SMILES string of the molecule is CCOc1cc(C(=S)N2CCC(C)CC2)cc(Br)c1OCC(=O)Nc1cccc(Cl)c1. The molecule has 0 atom stereocenters. The van der Waals surface area contributed by atoms with Gasteiger partial charge in [-0.2, -0.15) is 0 Å². The molecule has 0 radical (unpaired) electrons. The smallest absolute Gasteiger partial charge is 0.262 e. The van der Waals surface area contributed by atoms with E-state index in [4.69, 9.17) is 33.3 Å². The molecule has 8 heteroatoms. The lowest BCUT2D eigenvalue weighted by Gasteiger charge is -2.32. The molecule has 0 bridgehead atoms. The highest BCUT2D eigenvalue weighted by atomic mass is 79.9. The quantitative estimate of drug-likeness (QED) is 0.454. The first kappa shape index (κ1) is 23.8. The molecular weight excluding hydrogens is 500 g/mol. The molecular formula is C23H26BrClN2O3S. The predicted molar refractivity (Wildman–Crippen MR) is 133 cm³/mol. The maximum Gasteiger partial charge on any atom is 0.262 e. The number of amides is 1. The summed E-state index contributed by atoms with van der Waals surface area (Å²) in [6, 6.07) is 10.8. The van der Waals surface area contributed by atoms with Crippen LogP contribution in [-0.2, 0) is 4.79 Å². The molecule has 1 fully saturated rings. The fourth-order valence-electron chi connectivity index (χ4n) is 3.39. The first-order valence-electron chi connectivity index (χ1n) is 10.3. The van der Waals surface area contributed by atoms with E-state index in [2.05, 4.69) is 33.1 Å². The summed E-state index contributed by atoms with van der Waals surface area (Å²) in [5.74, 6) is 1.47. The minimum absolute atomic E-state index is 0.168. The molecule has 2 aromatic rings. The topological polar surface area (TPSA) is 50.8 Å². The van der Waals surface area contributed by atoms with Gasteiger partial charge in [0.05, 0.1) is 11.1 Å². The van der Waals surface area contributed by atoms with Gasteiger partial charge in [-0.3, -0.25) is 4.79 Å². The Morgan fingerprint density at radius 1 is 1.26 bits per heavy atom. The third-order valence-electron chi connectivity index (χ3n) is 5.08. The van der Waals surface area contributed by atoms with Crippen LogP contribution in [0.5, 0.6) is 11.5 Å². The second kappa shape index (κ2) is 11.2. The van der Waals surface area contributed by atoms with Crippen LogP contribution in [0, 0.1) is 5.92 Å². The summed E-state index contributed by atoms with van der Waals surface area (Å²) >= 11 is 15.3. The zero-order valence-corrected chi connectivity index (χ0v) is 20.8. The number of nitrogens with one attached hydrogen (secondary N) is 1. The predicted octanol–water partition coefficient (Wildman–Crippen LogP) is 5.93. The van der Waals surface area contributed by atoms with E-state index in [9.17, 15) is 4.79 Å². The number of hydrogen-bond donors (Lipinski definition) is 1. The summed E-state index contributed by atoms with van der Waals surface area (Å²) in [7, 11) is 0. The van der Waals surface area contributed by atoms with Crippen molar-refractivity contribution in [3.8, 4) is 11.5 Å². The normalized spacial score (nSPS) is 14.3. The van der Waals surface area contributed by atoms with Crippen molar-refractivity contribution in [2.24, 2.45) is 5.92 Å². The van der Waals surface area contributed by atoms with Gasteiger partial charge in [-0.25, -0.2) is 0 Å². The van der Waals surface area contributed by atoms with Crippen LogP contribution in [-0.4, -0.2) is 42.1 Å². The molecule has 0 aliphatic carbocycles. The van der Waals surface area contributed by atoms with E-state index in [1.165, 1.54) is 0 Å². The fourth-order valence-corrected chi connectivity index (χ4v) is 4.44.